The summed E-state index contributed by atoms with van der Waals surface area (Å²) in [6.45, 7) is 4.06. The van der Waals surface area contributed by atoms with Gasteiger partial charge in [0.1, 0.15) is 17.4 Å². The topological polar surface area (TPSA) is 110 Å². The van der Waals surface area contributed by atoms with Crippen LogP contribution in [0, 0.1) is 18.3 Å². The van der Waals surface area contributed by atoms with Gasteiger partial charge in [-0.2, -0.15) is 5.26 Å². The van der Waals surface area contributed by atoms with Gasteiger partial charge in [0, 0.05) is 11.8 Å². The van der Waals surface area contributed by atoms with Crippen LogP contribution in [0.4, 0.5) is 0 Å². The predicted molar refractivity (Wildman–Crippen MR) is 95.3 cm³/mol. The minimum Gasteiger partial charge on any atom is -0.493 e. The molecule has 1 aromatic heterocycles. The number of ether oxygens (including phenoxy) is 3. The lowest BCUT2D eigenvalue weighted by Crippen LogP contribution is -2.28. The maximum atomic E-state index is 12.6. The summed E-state index contributed by atoms with van der Waals surface area (Å²) in [4.78, 5) is 15.4. The highest BCUT2D eigenvalue weighted by Crippen LogP contribution is 2.42. The fourth-order valence-electron chi connectivity index (χ4n) is 3.08. The van der Waals surface area contributed by atoms with Crippen LogP contribution in [0.15, 0.2) is 40.5 Å². The second-order valence-electron chi connectivity index (χ2n) is 5.83. The number of hydrogen-bond acceptors (Lipinski definition) is 6. The van der Waals surface area contributed by atoms with E-state index >= 15 is 0 Å². The summed E-state index contributed by atoms with van der Waals surface area (Å²) in [7, 11) is 1.55. The van der Waals surface area contributed by atoms with Crippen LogP contribution in [0.3, 0.4) is 0 Å². The van der Waals surface area contributed by atoms with Crippen LogP contribution >= 0.6 is 0 Å². The number of aromatic amines is 1. The number of pyridine rings is 1. The van der Waals surface area contributed by atoms with E-state index in [1.54, 1.807) is 38.3 Å². The lowest BCUT2D eigenvalue weighted by atomic mass is 9.84. The Hall–Kier alpha value is -3.40. The number of allylic oxidation sites excluding steroid dienone is 1. The van der Waals surface area contributed by atoms with Crippen molar-refractivity contribution in [3.63, 3.8) is 0 Å². The molecule has 26 heavy (non-hydrogen) atoms. The lowest BCUT2D eigenvalue weighted by Gasteiger charge is -2.26. The summed E-state index contributed by atoms with van der Waals surface area (Å²) in [6, 6.07) is 9.04. The first kappa shape index (κ1) is 17.4. The minimum atomic E-state index is -0.654. The fraction of sp³-hybridized carbons (Fsp3) is 0.263. The molecule has 0 saturated carbocycles. The molecule has 0 spiro atoms. The van der Waals surface area contributed by atoms with Crippen LogP contribution in [0.2, 0.25) is 0 Å². The van der Waals surface area contributed by atoms with Gasteiger partial charge in [-0.3, -0.25) is 4.79 Å². The van der Waals surface area contributed by atoms with Crippen LogP contribution in [0.25, 0.3) is 0 Å². The number of benzene rings is 1. The van der Waals surface area contributed by atoms with E-state index in [0.717, 1.165) is 0 Å². The van der Waals surface area contributed by atoms with Gasteiger partial charge in [-0.25, -0.2) is 0 Å². The molecule has 1 unspecified atom stereocenters. The third kappa shape index (κ3) is 2.86. The molecule has 0 radical (unpaired) electrons. The Balaban J connectivity index is 2.25. The van der Waals surface area contributed by atoms with Crippen LogP contribution in [-0.4, -0.2) is 18.7 Å². The van der Waals surface area contributed by atoms with Gasteiger partial charge in [0.2, 0.25) is 5.88 Å². The van der Waals surface area contributed by atoms with Crippen LogP contribution in [-0.2, 0) is 0 Å². The second kappa shape index (κ2) is 6.84. The highest BCUT2D eigenvalue weighted by molar-refractivity contribution is 5.57. The van der Waals surface area contributed by atoms with Gasteiger partial charge in [-0.05, 0) is 31.5 Å². The van der Waals surface area contributed by atoms with E-state index in [2.05, 4.69) is 11.1 Å². The van der Waals surface area contributed by atoms with E-state index in [1.165, 1.54) is 0 Å². The van der Waals surface area contributed by atoms with Crippen molar-refractivity contribution in [2.24, 2.45) is 5.73 Å². The molecule has 0 fully saturated rings. The highest BCUT2D eigenvalue weighted by Gasteiger charge is 2.33. The molecule has 2 heterocycles. The number of methoxy groups -OCH3 is 1. The quantitative estimate of drug-likeness (QED) is 0.873. The minimum absolute atomic E-state index is 0.0104. The molecule has 1 aliphatic rings. The monoisotopic (exact) mass is 353 g/mol. The number of aryl methyl sites for hydroxylation is 1. The first-order chi connectivity index (χ1) is 12.5. The number of nitriles is 1. The summed E-state index contributed by atoms with van der Waals surface area (Å²) in [6.07, 6.45) is 0. The van der Waals surface area contributed by atoms with E-state index in [1.807, 2.05) is 6.92 Å². The largest absolute Gasteiger partial charge is 0.493 e. The van der Waals surface area contributed by atoms with Crippen molar-refractivity contribution in [3.05, 3.63) is 62.9 Å². The van der Waals surface area contributed by atoms with Crippen LogP contribution in [0.5, 0.6) is 17.2 Å². The van der Waals surface area contributed by atoms with E-state index < -0.39 is 5.92 Å². The third-order valence-electron chi connectivity index (χ3n) is 4.17. The van der Waals surface area contributed by atoms with Crippen molar-refractivity contribution in [1.29, 1.82) is 5.26 Å². The number of H-pyrrole nitrogens is 1. The molecular weight excluding hydrogens is 334 g/mol. The molecule has 1 aliphatic heterocycles. The first-order valence-electron chi connectivity index (χ1n) is 8.12. The molecule has 3 N–H and O–H groups in total. The zero-order valence-corrected chi connectivity index (χ0v) is 14.8. The predicted octanol–water partition coefficient (Wildman–Crippen LogP) is 2.31. The molecular formula is C19H19N3O4. The van der Waals surface area contributed by atoms with Crippen molar-refractivity contribution >= 4 is 0 Å². The van der Waals surface area contributed by atoms with Crippen molar-refractivity contribution in [2.45, 2.75) is 19.8 Å². The molecule has 0 aliphatic carbocycles. The fourth-order valence-corrected chi connectivity index (χ4v) is 3.08. The van der Waals surface area contributed by atoms with E-state index in [0.29, 0.717) is 40.7 Å². The molecule has 0 amide bonds. The van der Waals surface area contributed by atoms with Crippen LogP contribution < -0.4 is 25.5 Å². The van der Waals surface area contributed by atoms with Crippen molar-refractivity contribution in [2.75, 3.05) is 13.7 Å². The molecule has 7 nitrogen and oxygen atoms in total. The average Bonchev–Trinajstić information content (AvgIpc) is 2.60. The standard InChI is InChI=1S/C19H19N3O4/c1-4-25-14-8-11(5-6-13(14)24-3)16-12(9-20)18(21)26-15-7-10(2)22-19(23)17(15)16/h5-8,16H,4,21H2,1-3H3,(H,22,23). The Morgan fingerprint density at radius 1 is 1.35 bits per heavy atom. The van der Waals surface area contributed by atoms with Gasteiger partial charge in [0.15, 0.2) is 11.5 Å². The Morgan fingerprint density at radius 3 is 2.77 bits per heavy atom. The van der Waals surface area contributed by atoms with Gasteiger partial charge in [-0.15, -0.1) is 0 Å². The molecule has 2 aromatic rings. The van der Waals surface area contributed by atoms with Crippen molar-refractivity contribution < 1.29 is 14.2 Å². The second-order valence-corrected chi connectivity index (χ2v) is 5.83. The molecule has 0 bridgehead atoms. The van der Waals surface area contributed by atoms with Gasteiger partial charge >= 0.3 is 0 Å². The van der Waals surface area contributed by atoms with Gasteiger partial charge in [0.05, 0.1) is 25.2 Å². The smallest absolute Gasteiger partial charge is 0.256 e. The Labute approximate surface area is 150 Å². The van der Waals surface area contributed by atoms with E-state index in [-0.39, 0.29) is 17.0 Å². The van der Waals surface area contributed by atoms with Crippen molar-refractivity contribution in [3.8, 4) is 23.3 Å². The summed E-state index contributed by atoms with van der Waals surface area (Å²) in [5, 5.41) is 9.60. The summed E-state index contributed by atoms with van der Waals surface area (Å²) in [5.41, 5.74) is 7.48. The Bertz CT molecular complexity index is 985. The molecule has 1 atom stereocenters. The maximum absolute atomic E-state index is 12.6. The SMILES string of the molecule is CCOc1cc(C2C(C#N)=C(N)Oc3cc(C)[nH]c(=O)c32)ccc1OC. The molecule has 134 valence electrons. The zero-order valence-electron chi connectivity index (χ0n) is 14.8. The average molecular weight is 353 g/mol. The van der Waals surface area contributed by atoms with Crippen LogP contribution in [0.1, 0.15) is 29.7 Å². The van der Waals surface area contributed by atoms with Gasteiger partial charge < -0.3 is 24.9 Å². The first-order valence-corrected chi connectivity index (χ1v) is 8.12. The lowest BCUT2D eigenvalue weighted by molar-refractivity contribution is 0.310. The molecule has 0 saturated heterocycles. The highest BCUT2D eigenvalue weighted by atomic mass is 16.5. The zero-order chi connectivity index (χ0) is 18.8. The number of hydrogen-bond donors (Lipinski definition) is 2. The van der Waals surface area contributed by atoms with Gasteiger partial charge in [-0.1, -0.05) is 6.07 Å². The molecule has 3 rings (SSSR count). The maximum Gasteiger partial charge on any atom is 0.256 e. The van der Waals surface area contributed by atoms with Crippen molar-refractivity contribution in [1.82, 2.24) is 4.98 Å². The number of fused-ring (bicyclic) bond motifs is 1. The third-order valence-corrected chi connectivity index (χ3v) is 4.17. The summed E-state index contributed by atoms with van der Waals surface area (Å²) < 4.78 is 16.5. The number of aromatic nitrogens is 1. The Morgan fingerprint density at radius 2 is 2.12 bits per heavy atom. The summed E-state index contributed by atoms with van der Waals surface area (Å²) >= 11 is 0. The number of nitrogens with two attached hydrogens (primary N) is 1. The number of rotatable bonds is 4. The van der Waals surface area contributed by atoms with E-state index in [9.17, 15) is 10.1 Å². The Kier molecular flexibility index (Phi) is 4.59. The number of nitrogens with one attached hydrogen (secondary N) is 1. The number of nitrogens with zero attached hydrogens (tertiary/aromatic N) is 1. The van der Waals surface area contributed by atoms with E-state index in [4.69, 9.17) is 19.9 Å². The van der Waals surface area contributed by atoms with Gasteiger partial charge in [0.25, 0.3) is 5.56 Å². The molecule has 1 aromatic carbocycles. The normalized spacial score (nSPS) is 15.7. The summed E-state index contributed by atoms with van der Waals surface area (Å²) in [5.74, 6) is 0.777. The molecule has 7 heteroatoms.